The first-order chi connectivity index (χ1) is 4.56. The molecule has 0 amide bonds. The quantitative estimate of drug-likeness (QED) is 0.342. The van der Waals surface area contributed by atoms with Gasteiger partial charge in [0.2, 0.25) is 0 Å². The van der Waals surface area contributed by atoms with Crippen molar-refractivity contribution in [3.8, 4) is 0 Å². The fourth-order valence-electron chi connectivity index (χ4n) is 0.606. The van der Waals surface area contributed by atoms with Gasteiger partial charge in [-0.25, -0.2) is 0 Å². The van der Waals surface area contributed by atoms with Crippen molar-refractivity contribution in [3.63, 3.8) is 0 Å². The van der Waals surface area contributed by atoms with Crippen molar-refractivity contribution >= 4 is 20.2 Å². The molecule has 2 N–H and O–H groups in total. The van der Waals surface area contributed by atoms with Gasteiger partial charge in [0.25, 0.3) is 0 Å². The Bertz CT molecular complexity index is 122. The monoisotopic (exact) mass is 184 g/mol. The van der Waals surface area contributed by atoms with E-state index in [1.54, 1.807) is 0 Å². The van der Waals surface area contributed by atoms with Gasteiger partial charge in [-0.1, -0.05) is 6.42 Å². The number of rotatable bonds is 5. The molecule has 62 valence electrons. The van der Waals surface area contributed by atoms with Crippen molar-refractivity contribution in [1.29, 1.82) is 0 Å². The highest BCUT2D eigenvalue weighted by atomic mass is 32.1. The Morgan fingerprint density at radius 3 is 2.20 bits per heavy atom. The Morgan fingerprint density at radius 2 is 1.80 bits per heavy atom. The lowest BCUT2D eigenvalue weighted by Gasteiger charge is -2.01. The van der Waals surface area contributed by atoms with Crippen LogP contribution in [0.3, 0.4) is 0 Å². The predicted octanol–water partition coefficient (Wildman–Crippen LogP) is 1.26. The molecule has 0 rings (SSSR count). The van der Waals surface area contributed by atoms with Crippen LogP contribution in [0.4, 0.5) is 0 Å². The van der Waals surface area contributed by atoms with Crippen LogP contribution >= 0.6 is 20.2 Å². The van der Waals surface area contributed by atoms with Crippen LogP contribution in [0, 0.1) is 0 Å². The molecule has 0 aliphatic carbocycles. The minimum atomic E-state index is -3.73. The largest absolute Gasteiger partial charge is 0.325 e. The van der Waals surface area contributed by atoms with Gasteiger partial charge < -0.3 is 9.79 Å². The SMILES string of the molecule is O=P(O)(O)CCCCCS. The summed E-state index contributed by atoms with van der Waals surface area (Å²) >= 11 is 3.97. The highest BCUT2D eigenvalue weighted by Crippen LogP contribution is 2.35. The molecule has 0 saturated carbocycles. The molecular formula is C5H13O3PS. The standard InChI is InChI=1S/C5H13O3PS/c6-9(7,8)4-2-1-3-5-10/h10H,1-5H2,(H2,6,7,8). The Hall–Kier alpha value is 0.500. The lowest BCUT2D eigenvalue weighted by atomic mass is 10.3. The zero-order valence-corrected chi connectivity index (χ0v) is 7.52. The van der Waals surface area contributed by atoms with Crippen LogP contribution in [0.2, 0.25) is 0 Å². The topological polar surface area (TPSA) is 57.5 Å². The molecule has 0 aromatic rings. The summed E-state index contributed by atoms with van der Waals surface area (Å²) in [5, 5.41) is 0. The van der Waals surface area contributed by atoms with E-state index in [9.17, 15) is 4.57 Å². The molecule has 0 saturated heterocycles. The van der Waals surface area contributed by atoms with Crippen molar-refractivity contribution in [2.75, 3.05) is 11.9 Å². The Kier molecular flexibility index (Phi) is 5.45. The molecule has 5 heteroatoms. The normalized spacial score (nSPS) is 11.9. The lowest BCUT2D eigenvalue weighted by Crippen LogP contribution is -1.88. The number of unbranched alkanes of at least 4 members (excludes halogenated alkanes) is 2. The molecule has 0 atom stereocenters. The second kappa shape index (κ2) is 5.19. The molecule has 0 aliphatic rings. The summed E-state index contributed by atoms with van der Waals surface area (Å²) in [7, 11) is -3.73. The van der Waals surface area contributed by atoms with E-state index in [1.807, 2.05) is 0 Å². The summed E-state index contributed by atoms with van der Waals surface area (Å²) in [4.78, 5) is 16.8. The van der Waals surface area contributed by atoms with Gasteiger partial charge in [-0.2, -0.15) is 12.6 Å². The first-order valence-electron chi connectivity index (χ1n) is 3.22. The first kappa shape index (κ1) is 10.5. The average Bonchev–Trinajstić information content (AvgIpc) is 1.78. The third-order valence-corrected chi connectivity index (χ3v) is 2.32. The summed E-state index contributed by atoms with van der Waals surface area (Å²) in [5.41, 5.74) is 0. The van der Waals surface area contributed by atoms with E-state index in [1.165, 1.54) is 0 Å². The summed E-state index contributed by atoms with van der Waals surface area (Å²) < 4.78 is 10.3. The van der Waals surface area contributed by atoms with Crippen LogP contribution in [0.1, 0.15) is 19.3 Å². The number of thiol groups is 1. The van der Waals surface area contributed by atoms with Crippen LogP contribution in [0.15, 0.2) is 0 Å². The fourth-order valence-corrected chi connectivity index (χ4v) is 1.47. The minimum Gasteiger partial charge on any atom is -0.324 e. The molecule has 0 heterocycles. The summed E-state index contributed by atoms with van der Waals surface area (Å²) in [6, 6.07) is 0. The average molecular weight is 184 g/mol. The second-order valence-electron chi connectivity index (χ2n) is 2.17. The van der Waals surface area contributed by atoms with Crippen LogP contribution in [0.5, 0.6) is 0 Å². The zero-order valence-electron chi connectivity index (χ0n) is 5.73. The highest BCUT2D eigenvalue weighted by molar-refractivity contribution is 7.80. The third kappa shape index (κ3) is 8.50. The van der Waals surface area contributed by atoms with Crippen molar-refractivity contribution < 1.29 is 14.4 Å². The van der Waals surface area contributed by atoms with Crippen LogP contribution < -0.4 is 0 Å². The summed E-state index contributed by atoms with van der Waals surface area (Å²) in [5.74, 6) is 0.793. The van der Waals surface area contributed by atoms with Gasteiger partial charge in [-0.05, 0) is 18.6 Å². The van der Waals surface area contributed by atoms with Crippen LogP contribution in [-0.2, 0) is 4.57 Å². The summed E-state index contributed by atoms with van der Waals surface area (Å²) in [6.07, 6.45) is 2.41. The van der Waals surface area contributed by atoms with E-state index in [0.29, 0.717) is 6.42 Å². The van der Waals surface area contributed by atoms with Gasteiger partial charge in [0.15, 0.2) is 0 Å². The molecule has 0 bridgehead atoms. The molecule has 0 spiro atoms. The zero-order chi connectivity index (χ0) is 8.04. The van der Waals surface area contributed by atoms with Crippen molar-refractivity contribution in [1.82, 2.24) is 0 Å². The number of hydrogen-bond donors (Lipinski definition) is 3. The van der Waals surface area contributed by atoms with E-state index < -0.39 is 7.60 Å². The smallest absolute Gasteiger partial charge is 0.324 e. The maximum Gasteiger partial charge on any atom is 0.325 e. The fraction of sp³-hybridized carbons (Fsp3) is 1.00. The van der Waals surface area contributed by atoms with Gasteiger partial charge in [-0.15, -0.1) is 0 Å². The van der Waals surface area contributed by atoms with Gasteiger partial charge in [0, 0.05) is 6.16 Å². The van der Waals surface area contributed by atoms with Gasteiger partial charge in [-0.3, -0.25) is 4.57 Å². The van der Waals surface area contributed by atoms with Crippen molar-refractivity contribution in [2.45, 2.75) is 19.3 Å². The van der Waals surface area contributed by atoms with Crippen molar-refractivity contribution in [3.05, 3.63) is 0 Å². The van der Waals surface area contributed by atoms with Crippen LogP contribution in [0.25, 0.3) is 0 Å². The van der Waals surface area contributed by atoms with Gasteiger partial charge in [0.1, 0.15) is 0 Å². The van der Waals surface area contributed by atoms with E-state index in [4.69, 9.17) is 9.79 Å². The Morgan fingerprint density at radius 1 is 1.20 bits per heavy atom. The first-order valence-corrected chi connectivity index (χ1v) is 5.65. The number of hydrogen-bond acceptors (Lipinski definition) is 2. The second-order valence-corrected chi connectivity index (χ2v) is 4.40. The summed E-state index contributed by atoms with van der Waals surface area (Å²) in [6.45, 7) is 0. The maximum absolute atomic E-state index is 10.3. The molecule has 0 radical (unpaired) electrons. The van der Waals surface area contributed by atoms with E-state index in [-0.39, 0.29) is 6.16 Å². The molecule has 0 fully saturated rings. The van der Waals surface area contributed by atoms with E-state index in [0.717, 1.165) is 18.6 Å². The van der Waals surface area contributed by atoms with E-state index in [2.05, 4.69) is 12.6 Å². The Balaban J connectivity index is 3.13. The third-order valence-electron chi connectivity index (χ3n) is 1.11. The van der Waals surface area contributed by atoms with Gasteiger partial charge in [0.05, 0.1) is 0 Å². The lowest BCUT2D eigenvalue weighted by molar-refractivity contribution is 0.371. The molecule has 0 unspecified atom stereocenters. The maximum atomic E-state index is 10.3. The van der Waals surface area contributed by atoms with Crippen LogP contribution in [-0.4, -0.2) is 21.7 Å². The molecular weight excluding hydrogens is 171 g/mol. The minimum absolute atomic E-state index is 0.0147. The molecule has 0 aliphatic heterocycles. The molecule has 10 heavy (non-hydrogen) atoms. The van der Waals surface area contributed by atoms with Gasteiger partial charge >= 0.3 is 7.60 Å². The van der Waals surface area contributed by atoms with Crippen molar-refractivity contribution in [2.24, 2.45) is 0 Å². The predicted molar refractivity (Wildman–Crippen MR) is 44.6 cm³/mol. The highest BCUT2D eigenvalue weighted by Gasteiger charge is 2.10. The molecule has 3 nitrogen and oxygen atoms in total. The molecule has 0 aromatic heterocycles. The Labute approximate surface area is 66.4 Å². The van der Waals surface area contributed by atoms with E-state index >= 15 is 0 Å². The molecule has 0 aromatic carbocycles.